The van der Waals surface area contributed by atoms with Gasteiger partial charge in [-0.3, -0.25) is 9.59 Å². The molecule has 144 valence electrons. The van der Waals surface area contributed by atoms with Crippen LogP contribution in [-0.4, -0.2) is 29.8 Å². The van der Waals surface area contributed by atoms with E-state index in [1.165, 1.54) is 11.9 Å². The smallest absolute Gasteiger partial charge is 0.242 e. The molecule has 0 aliphatic rings. The third-order valence-corrected chi connectivity index (χ3v) is 5.45. The van der Waals surface area contributed by atoms with Gasteiger partial charge < -0.3 is 10.2 Å². The first-order valence-corrected chi connectivity index (χ1v) is 9.66. The van der Waals surface area contributed by atoms with E-state index in [4.69, 9.17) is 34.8 Å². The summed E-state index contributed by atoms with van der Waals surface area (Å²) >= 11 is 18.7. The van der Waals surface area contributed by atoms with Crippen LogP contribution in [0.25, 0.3) is 0 Å². The highest BCUT2D eigenvalue weighted by atomic mass is 35.5. The maximum atomic E-state index is 12.9. The van der Waals surface area contributed by atoms with Crippen molar-refractivity contribution in [3.63, 3.8) is 0 Å². The second-order valence-corrected chi connectivity index (χ2v) is 7.33. The molecule has 7 heteroatoms. The van der Waals surface area contributed by atoms with Gasteiger partial charge in [0, 0.05) is 40.6 Å². The highest BCUT2D eigenvalue weighted by molar-refractivity contribution is 6.36. The van der Waals surface area contributed by atoms with Crippen LogP contribution >= 0.6 is 34.8 Å². The zero-order valence-electron chi connectivity index (χ0n) is 15.1. The molecule has 0 heterocycles. The van der Waals surface area contributed by atoms with Gasteiger partial charge in [-0.2, -0.15) is 0 Å². The van der Waals surface area contributed by atoms with Gasteiger partial charge in [-0.1, -0.05) is 59.1 Å². The molecule has 0 saturated carbocycles. The van der Waals surface area contributed by atoms with Crippen molar-refractivity contribution in [2.45, 2.75) is 32.4 Å². The molecule has 0 saturated heterocycles. The third kappa shape index (κ3) is 5.61. The molecule has 0 spiro atoms. The lowest BCUT2D eigenvalue weighted by molar-refractivity contribution is -0.140. The van der Waals surface area contributed by atoms with Gasteiger partial charge in [0.1, 0.15) is 6.04 Å². The fourth-order valence-electron chi connectivity index (χ4n) is 2.73. The Bertz CT molecular complexity index is 806. The monoisotopic (exact) mass is 426 g/mol. The van der Waals surface area contributed by atoms with Gasteiger partial charge in [0.05, 0.1) is 0 Å². The van der Waals surface area contributed by atoms with Crippen LogP contribution in [0.4, 0.5) is 0 Å². The van der Waals surface area contributed by atoms with E-state index < -0.39 is 6.04 Å². The van der Waals surface area contributed by atoms with Gasteiger partial charge in [0.25, 0.3) is 0 Å². The molecule has 27 heavy (non-hydrogen) atoms. The normalized spacial score (nSPS) is 11.7. The molecule has 0 aliphatic heterocycles. The first kappa shape index (κ1) is 21.5. The number of amides is 2. The predicted molar refractivity (Wildman–Crippen MR) is 110 cm³/mol. The van der Waals surface area contributed by atoms with E-state index in [0.717, 1.165) is 5.56 Å². The summed E-state index contributed by atoms with van der Waals surface area (Å²) in [5, 5.41) is 4.10. The summed E-state index contributed by atoms with van der Waals surface area (Å²) in [7, 11) is 1.54. The molecular weight excluding hydrogens is 407 g/mol. The summed E-state index contributed by atoms with van der Waals surface area (Å²) in [5.41, 5.74) is 1.50. The average molecular weight is 428 g/mol. The van der Waals surface area contributed by atoms with Gasteiger partial charge in [-0.25, -0.2) is 0 Å². The van der Waals surface area contributed by atoms with E-state index in [-0.39, 0.29) is 24.8 Å². The third-order valence-electron chi connectivity index (χ3n) is 4.37. The summed E-state index contributed by atoms with van der Waals surface area (Å²) in [6, 6.07) is 11.9. The molecule has 2 amide bonds. The minimum atomic E-state index is -0.666. The molecule has 2 aromatic carbocycles. The fourth-order valence-corrected chi connectivity index (χ4v) is 3.48. The topological polar surface area (TPSA) is 49.4 Å². The van der Waals surface area contributed by atoms with Crippen molar-refractivity contribution < 1.29 is 9.59 Å². The lowest BCUT2D eigenvalue weighted by Gasteiger charge is -2.29. The summed E-state index contributed by atoms with van der Waals surface area (Å²) in [5.74, 6) is -0.439. The molecule has 4 nitrogen and oxygen atoms in total. The van der Waals surface area contributed by atoms with Crippen molar-refractivity contribution >= 4 is 46.6 Å². The SMILES string of the molecule is CNC(=O)[C@H](C)N(Cc1c(Cl)cccc1Cl)C(=O)CCc1ccccc1Cl. The van der Waals surface area contributed by atoms with Crippen LogP contribution in [0.3, 0.4) is 0 Å². The van der Waals surface area contributed by atoms with Gasteiger partial charge in [-0.15, -0.1) is 0 Å². The Labute approximate surface area is 174 Å². The van der Waals surface area contributed by atoms with E-state index in [2.05, 4.69) is 5.32 Å². The van der Waals surface area contributed by atoms with Crippen molar-refractivity contribution in [3.05, 3.63) is 68.7 Å². The number of likely N-dealkylation sites (N-methyl/N-ethyl adjacent to an activating group) is 1. The minimum Gasteiger partial charge on any atom is -0.357 e. The highest BCUT2D eigenvalue weighted by Crippen LogP contribution is 2.27. The number of rotatable bonds is 7. The van der Waals surface area contributed by atoms with Crippen LogP contribution < -0.4 is 5.32 Å². The quantitative estimate of drug-likeness (QED) is 0.693. The van der Waals surface area contributed by atoms with Crippen LogP contribution in [0.1, 0.15) is 24.5 Å². The lowest BCUT2D eigenvalue weighted by atomic mass is 10.1. The molecule has 0 bridgehead atoms. The molecular formula is C20H21Cl3N2O2. The molecule has 2 rings (SSSR count). The van der Waals surface area contributed by atoms with Crippen LogP contribution in [0.15, 0.2) is 42.5 Å². The van der Waals surface area contributed by atoms with Crippen LogP contribution in [0, 0.1) is 0 Å². The van der Waals surface area contributed by atoms with Crippen molar-refractivity contribution in [3.8, 4) is 0 Å². The number of aryl methyl sites for hydroxylation is 1. The molecule has 0 aliphatic carbocycles. The van der Waals surface area contributed by atoms with E-state index in [1.54, 1.807) is 31.2 Å². The Morgan fingerprint density at radius 3 is 2.19 bits per heavy atom. The molecule has 1 atom stereocenters. The van der Waals surface area contributed by atoms with E-state index in [9.17, 15) is 9.59 Å². The number of hydrogen-bond acceptors (Lipinski definition) is 2. The van der Waals surface area contributed by atoms with Gasteiger partial charge >= 0.3 is 0 Å². The van der Waals surface area contributed by atoms with Crippen molar-refractivity contribution in [2.24, 2.45) is 0 Å². The Hall–Kier alpha value is -1.75. The van der Waals surface area contributed by atoms with Crippen molar-refractivity contribution in [1.29, 1.82) is 0 Å². The standard InChI is InChI=1S/C20H21Cl3N2O2/c1-13(20(27)24-2)25(12-15-17(22)8-5-9-18(15)23)19(26)11-10-14-6-3-4-7-16(14)21/h3-9,13H,10-12H2,1-2H3,(H,24,27)/t13-/m0/s1. The van der Waals surface area contributed by atoms with Crippen molar-refractivity contribution in [2.75, 3.05) is 7.05 Å². The Kier molecular flexibility index (Phi) is 7.96. The van der Waals surface area contributed by atoms with Gasteiger partial charge in [-0.05, 0) is 37.1 Å². The summed E-state index contributed by atoms with van der Waals surface area (Å²) in [6.07, 6.45) is 0.693. The first-order chi connectivity index (χ1) is 12.8. The maximum Gasteiger partial charge on any atom is 0.242 e. The average Bonchev–Trinajstić information content (AvgIpc) is 2.65. The Morgan fingerprint density at radius 2 is 1.59 bits per heavy atom. The van der Waals surface area contributed by atoms with Crippen LogP contribution in [-0.2, 0) is 22.6 Å². The number of hydrogen-bond donors (Lipinski definition) is 1. The molecule has 2 aromatic rings. The number of benzene rings is 2. The summed E-state index contributed by atoms with van der Waals surface area (Å²) < 4.78 is 0. The Balaban J connectivity index is 2.22. The van der Waals surface area contributed by atoms with E-state index in [0.29, 0.717) is 27.1 Å². The van der Waals surface area contributed by atoms with Crippen molar-refractivity contribution in [1.82, 2.24) is 10.2 Å². The summed E-state index contributed by atoms with van der Waals surface area (Å²) in [6.45, 7) is 1.82. The highest BCUT2D eigenvalue weighted by Gasteiger charge is 2.26. The number of nitrogens with zero attached hydrogens (tertiary/aromatic N) is 1. The van der Waals surface area contributed by atoms with E-state index in [1.807, 2.05) is 18.2 Å². The maximum absolute atomic E-state index is 12.9. The van der Waals surface area contributed by atoms with Crippen LogP contribution in [0.2, 0.25) is 15.1 Å². The number of carbonyl (C=O) groups is 2. The van der Waals surface area contributed by atoms with Gasteiger partial charge in [0.15, 0.2) is 0 Å². The second kappa shape index (κ2) is 9.98. The number of carbonyl (C=O) groups excluding carboxylic acids is 2. The lowest BCUT2D eigenvalue weighted by Crippen LogP contribution is -2.46. The zero-order chi connectivity index (χ0) is 20.0. The van der Waals surface area contributed by atoms with Crippen LogP contribution in [0.5, 0.6) is 0 Å². The molecule has 1 N–H and O–H groups in total. The second-order valence-electron chi connectivity index (χ2n) is 6.10. The summed E-state index contributed by atoms with van der Waals surface area (Å²) in [4.78, 5) is 26.6. The Morgan fingerprint density at radius 1 is 1.00 bits per heavy atom. The fraction of sp³-hybridized carbons (Fsp3) is 0.300. The molecule has 0 aromatic heterocycles. The number of nitrogens with one attached hydrogen (secondary N) is 1. The molecule has 0 unspecified atom stereocenters. The largest absolute Gasteiger partial charge is 0.357 e. The first-order valence-electron chi connectivity index (χ1n) is 8.52. The number of halogens is 3. The van der Waals surface area contributed by atoms with Gasteiger partial charge in [0.2, 0.25) is 11.8 Å². The molecule has 0 fully saturated rings. The molecule has 0 radical (unpaired) electrons. The minimum absolute atomic E-state index is 0.147. The zero-order valence-corrected chi connectivity index (χ0v) is 17.4. The predicted octanol–water partition coefficient (Wildman–Crippen LogP) is 4.74. The van der Waals surface area contributed by atoms with E-state index >= 15 is 0 Å².